The molecule has 0 amide bonds. The first kappa shape index (κ1) is 28.5. The van der Waals surface area contributed by atoms with Crippen LogP contribution < -0.4 is 4.74 Å². The maximum atomic E-state index is 14.7. The van der Waals surface area contributed by atoms with E-state index < -0.39 is 5.41 Å². The van der Waals surface area contributed by atoms with Crippen molar-refractivity contribution in [2.75, 3.05) is 0 Å². The molecular formula is C40H34N2O3. The number of Topliss-reactive ketones (excluding diaryl/α,β-unsaturated/α-hetero) is 2. The topological polar surface area (TPSA) is 61.2 Å². The third-order valence-electron chi connectivity index (χ3n) is 9.16. The summed E-state index contributed by atoms with van der Waals surface area (Å²) in [4.78, 5) is 33.5. The number of hydrogen-bond acceptors (Lipinski definition) is 4. The molecule has 45 heavy (non-hydrogen) atoms. The number of ketones is 2. The van der Waals surface area contributed by atoms with Crippen LogP contribution >= 0.6 is 0 Å². The lowest BCUT2D eigenvalue weighted by Crippen LogP contribution is -2.40. The Bertz CT molecular complexity index is 2020. The molecule has 2 heterocycles. The summed E-state index contributed by atoms with van der Waals surface area (Å²) in [6.45, 7) is 4.67. The fourth-order valence-corrected chi connectivity index (χ4v) is 6.85. The number of pyridine rings is 1. The average Bonchev–Trinajstić information content (AvgIpc) is 3.52. The molecule has 0 radical (unpaired) electrons. The summed E-state index contributed by atoms with van der Waals surface area (Å²) >= 11 is 0. The molecule has 0 spiro atoms. The van der Waals surface area contributed by atoms with E-state index in [0.29, 0.717) is 29.0 Å². The maximum absolute atomic E-state index is 14.7. The van der Waals surface area contributed by atoms with E-state index in [2.05, 4.69) is 66.0 Å². The van der Waals surface area contributed by atoms with Crippen molar-refractivity contribution in [3.63, 3.8) is 0 Å². The third-order valence-corrected chi connectivity index (χ3v) is 9.16. The van der Waals surface area contributed by atoms with E-state index in [0.717, 1.165) is 34.0 Å². The molecule has 1 aliphatic carbocycles. The van der Waals surface area contributed by atoms with Crippen LogP contribution in [0.1, 0.15) is 67.9 Å². The molecule has 0 saturated heterocycles. The van der Waals surface area contributed by atoms with Gasteiger partial charge >= 0.3 is 0 Å². The number of carbonyl (C=O) groups excluding carboxylic acids is 2. The number of benzene rings is 4. The molecule has 7 rings (SSSR count). The molecule has 2 atom stereocenters. The molecule has 6 aromatic rings. The van der Waals surface area contributed by atoms with Gasteiger partial charge in [-0.05, 0) is 84.0 Å². The Morgan fingerprint density at radius 3 is 2.22 bits per heavy atom. The van der Waals surface area contributed by atoms with Gasteiger partial charge in [-0.1, -0.05) is 79.7 Å². The standard InChI is InChI=1S/C40H34N2O3/c1-3-36(30-12-8-5-9-13-30)42-25-27(2)33-16-14-31(22-37(33)42)40(24-28-18-20-41-21-19-28)38(43)34-17-15-32(23-35(34)39(40)44)45-26-29-10-6-4-7-11-29/h4-23,25,36H,3,24,26H2,1-2H3. The van der Waals surface area contributed by atoms with Crippen LogP contribution in [-0.4, -0.2) is 21.1 Å². The highest BCUT2D eigenvalue weighted by Gasteiger charge is 2.54. The van der Waals surface area contributed by atoms with E-state index in [1.165, 1.54) is 5.56 Å². The number of carbonyl (C=O) groups is 2. The quantitative estimate of drug-likeness (QED) is 0.159. The van der Waals surface area contributed by atoms with Crippen LogP contribution in [0.4, 0.5) is 0 Å². The van der Waals surface area contributed by atoms with Gasteiger partial charge in [-0.3, -0.25) is 14.6 Å². The van der Waals surface area contributed by atoms with Crippen molar-refractivity contribution in [1.29, 1.82) is 0 Å². The van der Waals surface area contributed by atoms with Gasteiger partial charge in [0.25, 0.3) is 0 Å². The summed E-state index contributed by atoms with van der Waals surface area (Å²) in [7, 11) is 0. The third kappa shape index (κ3) is 4.95. The number of rotatable bonds is 9. The van der Waals surface area contributed by atoms with Crippen LogP contribution in [0, 0.1) is 6.92 Å². The molecule has 5 heteroatoms. The lowest BCUT2D eigenvalue weighted by atomic mass is 9.71. The summed E-state index contributed by atoms with van der Waals surface area (Å²) in [5, 5.41) is 1.11. The molecule has 5 nitrogen and oxygen atoms in total. The first-order valence-electron chi connectivity index (χ1n) is 15.5. The molecule has 1 aliphatic rings. The second-order valence-corrected chi connectivity index (χ2v) is 11.9. The molecule has 0 fully saturated rings. The lowest BCUT2D eigenvalue weighted by Gasteiger charge is -2.27. The van der Waals surface area contributed by atoms with E-state index in [-0.39, 0.29) is 24.0 Å². The highest BCUT2D eigenvalue weighted by atomic mass is 16.5. The Morgan fingerprint density at radius 2 is 1.49 bits per heavy atom. The van der Waals surface area contributed by atoms with Crippen molar-refractivity contribution >= 4 is 22.5 Å². The van der Waals surface area contributed by atoms with Crippen molar-refractivity contribution in [3.8, 4) is 5.75 Å². The number of ether oxygens (including phenoxy) is 1. The SMILES string of the molecule is CCC(c1ccccc1)n1cc(C)c2ccc(C3(Cc4ccncc4)C(=O)c4ccc(OCc5ccccc5)cc4C3=O)cc21. The van der Waals surface area contributed by atoms with E-state index in [9.17, 15) is 9.59 Å². The molecule has 0 saturated carbocycles. The number of nitrogens with zero attached hydrogens (tertiary/aromatic N) is 2. The average molecular weight is 591 g/mol. The normalized spacial score (nSPS) is 16.6. The molecule has 0 bridgehead atoms. The van der Waals surface area contributed by atoms with Gasteiger partial charge in [0.05, 0.1) is 6.04 Å². The predicted molar refractivity (Wildman–Crippen MR) is 177 cm³/mol. The van der Waals surface area contributed by atoms with Crippen LogP contribution in [0.5, 0.6) is 5.75 Å². The largest absolute Gasteiger partial charge is 0.489 e. The van der Waals surface area contributed by atoms with Crippen molar-refractivity contribution < 1.29 is 14.3 Å². The van der Waals surface area contributed by atoms with Gasteiger partial charge in [-0.2, -0.15) is 0 Å². The zero-order chi connectivity index (χ0) is 31.0. The van der Waals surface area contributed by atoms with Crippen molar-refractivity contribution in [2.45, 2.75) is 44.8 Å². The van der Waals surface area contributed by atoms with Gasteiger partial charge < -0.3 is 9.30 Å². The van der Waals surface area contributed by atoms with Gasteiger partial charge in [-0.15, -0.1) is 0 Å². The molecule has 222 valence electrons. The first-order chi connectivity index (χ1) is 22.0. The molecule has 4 aromatic carbocycles. The Kier molecular flexibility index (Phi) is 7.38. The Hall–Kier alpha value is -5.29. The second-order valence-electron chi connectivity index (χ2n) is 11.9. The van der Waals surface area contributed by atoms with Crippen LogP contribution in [-0.2, 0) is 18.4 Å². The van der Waals surface area contributed by atoms with Crippen LogP contribution in [0.15, 0.2) is 128 Å². The zero-order valence-corrected chi connectivity index (χ0v) is 25.4. The number of hydrogen-bond donors (Lipinski definition) is 0. The van der Waals surface area contributed by atoms with Gasteiger partial charge in [0.15, 0.2) is 11.6 Å². The first-order valence-corrected chi connectivity index (χ1v) is 15.5. The number of fused-ring (bicyclic) bond motifs is 2. The summed E-state index contributed by atoms with van der Waals surface area (Å²) in [6.07, 6.45) is 6.74. The monoisotopic (exact) mass is 590 g/mol. The summed E-state index contributed by atoms with van der Waals surface area (Å²) in [5.74, 6) is 0.180. The fraction of sp³-hybridized carbons (Fsp3) is 0.175. The highest BCUT2D eigenvalue weighted by molar-refractivity contribution is 6.33. The fourth-order valence-electron chi connectivity index (χ4n) is 6.85. The zero-order valence-electron chi connectivity index (χ0n) is 25.4. The minimum atomic E-state index is -1.41. The van der Waals surface area contributed by atoms with Gasteiger partial charge in [0.2, 0.25) is 0 Å². The summed E-state index contributed by atoms with van der Waals surface area (Å²) < 4.78 is 8.38. The number of aromatic nitrogens is 2. The Balaban J connectivity index is 1.35. The smallest absolute Gasteiger partial charge is 0.182 e. The molecule has 2 unspecified atom stereocenters. The molecule has 0 aliphatic heterocycles. The second kappa shape index (κ2) is 11.7. The summed E-state index contributed by atoms with van der Waals surface area (Å²) in [6, 6.07) is 35.6. The van der Waals surface area contributed by atoms with E-state index in [4.69, 9.17) is 4.74 Å². The Labute approximate surface area is 263 Å². The molecular weight excluding hydrogens is 556 g/mol. The van der Waals surface area contributed by atoms with Crippen LogP contribution in [0.25, 0.3) is 10.9 Å². The highest BCUT2D eigenvalue weighted by Crippen LogP contribution is 2.45. The maximum Gasteiger partial charge on any atom is 0.182 e. The summed E-state index contributed by atoms with van der Waals surface area (Å²) in [5.41, 5.74) is 5.42. The van der Waals surface area contributed by atoms with Crippen molar-refractivity contribution in [1.82, 2.24) is 9.55 Å². The molecule has 2 aromatic heterocycles. The van der Waals surface area contributed by atoms with Gasteiger partial charge in [0, 0.05) is 40.6 Å². The minimum Gasteiger partial charge on any atom is -0.489 e. The van der Waals surface area contributed by atoms with Crippen molar-refractivity contribution in [2.24, 2.45) is 0 Å². The predicted octanol–water partition coefficient (Wildman–Crippen LogP) is 8.48. The molecule has 0 N–H and O–H groups in total. The van der Waals surface area contributed by atoms with Gasteiger partial charge in [-0.25, -0.2) is 0 Å². The van der Waals surface area contributed by atoms with Crippen LogP contribution in [0.3, 0.4) is 0 Å². The van der Waals surface area contributed by atoms with E-state index in [1.54, 1.807) is 30.6 Å². The lowest BCUT2D eigenvalue weighted by molar-refractivity contribution is 0.0793. The van der Waals surface area contributed by atoms with Crippen molar-refractivity contribution in [3.05, 3.63) is 167 Å². The van der Waals surface area contributed by atoms with E-state index in [1.807, 2.05) is 54.6 Å². The number of aryl methyl sites for hydroxylation is 1. The minimum absolute atomic E-state index is 0.116. The Morgan fingerprint density at radius 1 is 0.778 bits per heavy atom. The van der Waals surface area contributed by atoms with Crippen LogP contribution in [0.2, 0.25) is 0 Å². The van der Waals surface area contributed by atoms with E-state index >= 15 is 0 Å². The van der Waals surface area contributed by atoms with Gasteiger partial charge in [0.1, 0.15) is 17.8 Å².